The molecule has 4 nitrogen and oxygen atoms in total. The molecule has 0 amide bonds. The van der Waals surface area contributed by atoms with E-state index in [4.69, 9.17) is 9.97 Å². The highest BCUT2D eigenvalue weighted by Gasteiger charge is 2.20. The number of rotatable bonds is 7. The number of para-hydroxylation sites is 3. The van der Waals surface area contributed by atoms with E-state index in [2.05, 4.69) is 198 Å². The molecule has 0 aliphatic rings. The van der Waals surface area contributed by atoms with Crippen LogP contribution >= 0.6 is 0 Å². The van der Waals surface area contributed by atoms with Gasteiger partial charge in [-0.15, -0.1) is 0 Å². The van der Waals surface area contributed by atoms with E-state index in [1.807, 2.05) is 18.2 Å². The lowest BCUT2D eigenvalue weighted by Gasteiger charge is -2.16. The van der Waals surface area contributed by atoms with E-state index in [1.165, 1.54) is 49.2 Å². The molecule has 274 valence electrons. The molecule has 0 bridgehead atoms. The second-order valence-corrected chi connectivity index (χ2v) is 14.9. The molecule has 11 rings (SSSR count). The van der Waals surface area contributed by atoms with E-state index >= 15 is 0 Å². The van der Waals surface area contributed by atoms with Crippen LogP contribution in [0.15, 0.2) is 200 Å². The molecule has 0 radical (unpaired) electrons. The first-order valence-electron chi connectivity index (χ1n) is 20.0. The number of nitrogens with zero attached hydrogens (tertiary/aromatic N) is 4. The zero-order chi connectivity index (χ0) is 38.6. The lowest BCUT2D eigenvalue weighted by Crippen LogP contribution is -2.03. The predicted octanol–water partition coefficient (Wildman–Crippen LogP) is 13.9. The van der Waals surface area contributed by atoms with Crippen LogP contribution in [0, 0.1) is 0 Å². The van der Waals surface area contributed by atoms with Gasteiger partial charge in [-0.2, -0.15) is 0 Å². The molecule has 58 heavy (non-hydrogen) atoms. The lowest BCUT2D eigenvalue weighted by atomic mass is 9.97. The van der Waals surface area contributed by atoms with Crippen molar-refractivity contribution < 1.29 is 0 Å². The fourth-order valence-corrected chi connectivity index (χ4v) is 8.84. The molecular weight excluding hydrogens is 705 g/mol. The molecular formula is C54H38N4. The SMILES string of the molecule is CCc1c(-c2ccccc2)nc(-c2ccccc2)nc1-c1cccc(-n2c3ccccc3c3ccc(-c4ccc5c(c4)c4ccccc4n5-c4ccccc4)cc32)c1. The molecule has 0 N–H and O–H groups in total. The highest BCUT2D eigenvalue weighted by molar-refractivity contribution is 6.12. The van der Waals surface area contributed by atoms with Crippen molar-refractivity contribution in [3.63, 3.8) is 0 Å². The Morgan fingerprint density at radius 3 is 1.55 bits per heavy atom. The zero-order valence-corrected chi connectivity index (χ0v) is 32.0. The normalized spacial score (nSPS) is 11.6. The van der Waals surface area contributed by atoms with Crippen LogP contribution in [0.25, 0.3) is 100 Å². The molecule has 0 spiro atoms. The standard InChI is InChI=1S/C54H38N4/c1-2-43-52(36-17-6-3-7-18-36)55-54(37-19-8-4-9-20-37)56-53(43)40-21-16-24-42(33-40)58-48-27-14-12-25-44(48)46-31-29-39(35-51(46)58)38-30-32-50-47(34-38)45-26-13-15-28-49(45)57(50)41-22-10-5-11-23-41/h3-35H,2H2,1H3. The van der Waals surface area contributed by atoms with E-state index in [0.29, 0.717) is 0 Å². The van der Waals surface area contributed by atoms with Crippen molar-refractivity contribution >= 4 is 43.6 Å². The van der Waals surface area contributed by atoms with E-state index in [1.54, 1.807) is 0 Å². The summed E-state index contributed by atoms with van der Waals surface area (Å²) in [5, 5.41) is 4.94. The summed E-state index contributed by atoms with van der Waals surface area (Å²) in [6.45, 7) is 2.20. The van der Waals surface area contributed by atoms with Gasteiger partial charge < -0.3 is 9.13 Å². The van der Waals surface area contributed by atoms with Crippen molar-refractivity contribution in [1.82, 2.24) is 19.1 Å². The number of benzene rings is 8. The predicted molar refractivity (Wildman–Crippen MR) is 242 cm³/mol. The zero-order valence-electron chi connectivity index (χ0n) is 32.0. The molecule has 0 saturated heterocycles. The molecule has 8 aromatic carbocycles. The molecule has 0 saturated carbocycles. The maximum absolute atomic E-state index is 5.32. The third-order valence-corrected chi connectivity index (χ3v) is 11.5. The number of fused-ring (bicyclic) bond motifs is 6. The van der Waals surface area contributed by atoms with Crippen LogP contribution < -0.4 is 0 Å². The smallest absolute Gasteiger partial charge is 0.160 e. The van der Waals surface area contributed by atoms with Crippen molar-refractivity contribution in [3.05, 3.63) is 206 Å². The molecule has 0 aliphatic heterocycles. The summed E-state index contributed by atoms with van der Waals surface area (Å²) in [6, 6.07) is 71.6. The van der Waals surface area contributed by atoms with Crippen LogP contribution in [-0.4, -0.2) is 19.1 Å². The Morgan fingerprint density at radius 2 is 0.845 bits per heavy atom. The Bertz CT molecular complexity index is 3300. The van der Waals surface area contributed by atoms with Crippen LogP contribution in [0.1, 0.15) is 12.5 Å². The summed E-state index contributed by atoms with van der Waals surface area (Å²) in [6.07, 6.45) is 0.798. The average Bonchev–Trinajstić information content (AvgIpc) is 3.81. The summed E-state index contributed by atoms with van der Waals surface area (Å²) in [5.74, 6) is 0.724. The van der Waals surface area contributed by atoms with Crippen LogP contribution in [0.5, 0.6) is 0 Å². The van der Waals surface area contributed by atoms with Gasteiger partial charge in [-0.1, -0.05) is 153 Å². The van der Waals surface area contributed by atoms with Gasteiger partial charge in [-0.3, -0.25) is 0 Å². The molecule has 4 heteroatoms. The summed E-state index contributed by atoms with van der Waals surface area (Å²) in [7, 11) is 0. The van der Waals surface area contributed by atoms with Gasteiger partial charge in [-0.25, -0.2) is 9.97 Å². The number of hydrogen-bond acceptors (Lipinski definition) is 2. The van der Waals surface area contributed by atoms with Gasteiger partial charge in [0.1, 0.15) is 0 Å². The van der Waals surface area contributed by atoms with E-state index in [-0.39, 0.29) is 0 Å². The van der Waals surface area contributed by atoms with Gasteiger partial charge in [0.2, 0.25) is 0 Å². The number of aromatic nitrogens is 4. The minimum atomic E-state index is 0.724. The monoisotopic (exact) mass is 742 g/mol. The molecule has 3 heterocycles. The Hall–Kier alpha value is -7.56. The minimum Gasteiger partial charge on any atom is -0.309 e. The Morgan fingerprint density at radius 1 is 0.345 bits per heavy atom. The molecule has 0 atom stereocenters. The van der Waals surface area contributed by atoms with Gasteiger partial charge in [0.15, 0.2) is 5.82 Å². The second kappa shape index (κ2) is 13.9. The Kier molecular flexibility index (Phi) is 8.07. The minimum absolute atomic E-state index is 0.724. The van der Waals surface area contributed by atoms with Crippen LogP contribution in [0.3, 0.4) is 0 Å². The first kappa shape index (κ1) is 33.8. The van der Waals surface area contributed by atoms with Crippen molar-refractivity contribution in [1.29, 1.82) is 0 Å². The third-order valence-electron chi connectivity index (χ3n) is 11.5. The number of hydrogen-bond donors (Lipinski definition) is 0. The summed E-state index contributed by atoms with van der Waals surface area (Å²) in [4.78, 5) is 10.5. The van der Waals surface area contributed by atoms with Crippen LogP contribution in [-0.2, 0) is 6.42 Å². The fourth-order valence-electron chi connectivity index (χ4n) is 8.84. The summed E-state index contributed by atoms with van der Waals surface area (Å²) >= 11 is 0. The molecule has 0 unspecified atom stereocenters. The Balaban J connectivity index is 1.09. The molecule has 0 aliphatic carbocycles. The van der Waals surface area contributed by atoms with Gasteiger partial charge in [0.25, 0.3) is 0 Å². The van der Waals surface area contributed by atoms with Crippen LogP contribution in [0.2, 0.25) is 0 Å². The summed E-state index contributed by atoms with van der Waals surface area (Å²) < 4.78 is 4.79. The molecule has 0 fully saturated rings. The lowest BCUT2D eigenvalue weighted by molar-refractivity contribution is 1.06. The van der Waals surface area contributed by atoms with Crippen LogP contribution in [0.4, 0.5) is 0 Å². The highest BCUT2D eigenvalue weighted by Crippen LogP contribution is 2.39. The highest BCUT2D eigenvalue weighted by atomic mass is 15.0. The van der Waals surface area contributed by atoms with E-state index < -0.39 is 0 Å². The second-order valence-electron chi connectivity index (χ2n) is 14.9. The van der Waals surface area contributed by atoms with Crippen molar-refractivity contribution in [2.24, 2.45) is 0 Å². The van der Waals surface area contributed by atoms with Gasteiger partial charge >= 0.3 is 0 Å². The summed E-state index contributed by atoms with van der Waals surface area (Å²) in [5.41, 5.74) is 15.6. The largest absolute Gasteiger partial charge is 0.309 e. The quantitative estimate of drug-likeness (QED) is 0.163. The first-order valence-corrected chi connectivity index (χ1v) is 20.0. The van der Waals surface area contributed by atoms with Crippen molar-refractivity contribution in [3.8, 4) is 56.4 Å². The Labute approximate surface area is 337 Å². The van der Waals surface area contributed by atoms with Gasteiger partial charge in [-0.05, 0) is 72.1 Å². The maximum atomic E-state index is 5.32. The molecule has 3 aromatic heterocycles. The maximum Gasteiger partial charge on any atom is 0.160 e. The molecule has 11 aromatic rings. The average molecular weight is 743 g/mol. The topological polar surface area (TPSA) is 35.6 Å². The van der Waals surface area contributed by atoms with E-state index in [9.17, 15) is 0 Å². The van der Waals surface area contributed by atoms with Gasteiger partial charge in [0.05, 0.1) is 33.5 Å². The third kappa shape index (κ3) is 5.53. The van der Waals surface area contributed by atoms with Crippen molar-refractivity contribution in [2.45, 2.75) is 13.3 Å². The fraction of sp³-hybridized carbons (Fsp3) is 0.0370. The van der Waals surface area contributed by atoms with E-state index in [0.717, 1.165) is 62.8 Å². The first-order chi connectivity index (χ1) is 28.7. The van der Waals surface area contributed by atoms with Gasteiger partial charge in [0, 0.05) is 55.2 Å². The van der Waals surface area contributed by atoms with Crippen molar-refractivity contribution in [2.75, 3.05) is 0 Å².